The van der Waals surface area contributed by atoms with Gasteiger partial charge in [-0.3, -0.25) is 19.2 Å². The van der Waals surface area contributed by atoms with Crippen molar-refractivity contribution in [3.63, 3.8) is 0 Å². The van der Waals surface area contributed by atoms with Gasteiger partial charge in [0.25, 0.3) is 0 Å². The summed E-state index contributed by atoms with van der Waals surface area (Å²) < 4.78 is 27.1. The second-order valence-electron chi connectivity index (χ2n) is 14.0. The maximum Gasteiger partial charge on any atom is 0.246 e. The molecule has 42 heavy (non-hydrogen) atoms. The van der Waals surface area contributed by atoms with Crippen LogP contribution in [0.4, 0.5) is 8.78 Å². The molecule has 5 rings (SSSR count). The van der Waals surface area contributed by atoms with E-state index < -0.39 is 47.0 Å². The summed E-state index contributed by atoms with van der Waals surface area (Å²) in [7, 11) is 0. The van der Waals surface area contributed by atoms with Crippen LogP contribution in [0.3, 0.4) is 0 Å². The van der Waals surface area contributed by atoms with Crippen LogP contribution >= 0.6 is 0 Å². The van der Waals surface area contributed by atoms with Gasteiger partial charge in [0.05, 0.1) is 6.07 Å². The Hall–Kier alpha value is -3.55. The summed E-state index contributed by atoms with van der Waals surface area (Å²) in [4.78, 5) is 54.6. The molecular weight excluding hydrogens is 544 g/mol. The lowest BCUT2D eigenvalue weighted by Crippen LogP contribution is -2.60. The van der Waals surface area contributed by atoms with Gasteiger partial charge in [-0.25, -0.2) is 8.78 Å². The molecule has 2 saturated heterocycles. The van der Waals surface area contributed by atoms with Crippen LogP contribution in [0.25, 0.3) is 0 Å². The van der Waals surface area contributed by atoms with E-state index >= 15 is 0 Å². The van der Waals surface area contributed by atoms with Gasteiger partial charge in [-0.1, -0.05) is 40.7 Å². The van der Waals surface area contributed by atoms with E-state index in [1.54, 1.807) is 4.90 Å². The second-order valence-corrected chi connectivity index (χ2v) is 14.0. The average Bonchev–Trinajstić information content (AvgIpc) is 3.67. The summed E-state index contributed by atoms with van der Waals surface area (Å²) in [6.45, 7) is 10.5. The Morgan fingerprint density at radius 2 is 1.88 bits per heavy atom. The van der Waals surface area contributed by atoms with Gasteiger partial charge in [0, 0.05) is 24.9 Å². The second kappa shape index (κ2) is 10.6. The molecule has 0 radical (unpaired) electrons. The predicted octanol–water partition coefficient (Wildman–Crippen LogP) is 2.62. The lowest BCUT2D eigenvalue weighted by molar-refractivity contribution is -0.145. The van der Waals surface area contributed by atoms with Crippen molar-refractivity contribution in [2.24, 2.45) is 34.5 Å². The first-order valence-electron chi connectivity index (χ1n) is 14.7. The summed E-state index contributed by atoms with van der Waals surface area (Å²) in [5, 5.41) is 18.2. The highest BCUT2D eigenvalue weighted by Gasteiger charge is 2.70. The summed E-state index contributed by atoms with van der Waals surface area (Å²) in [6.07, 6.45) is 1.26. The number of halogens is 2. The lowest BCUT2D eigenvalue weighted by Gasteiger charge is -2.38. The molecule has 4 fully saturated rings. The number of amides is 4. The Bertz CT molecular complexity index is 1350. The van der Waals surface area contributed by atoms with Crippen molar-refractivity contribution in [2.75, 3.05) is 13.1 Å². The number of fused-ring (bicyclic) bond motifs is 1. The van der Waals surface area contributed by atoms with E-state index in [-0.39, 0.29) is 53.2 Å². The van der Waals surface area contributed by atoms with Crippen molar-refractivity contribution >= 4 is 23.6 Å². The van der Waals surface area contributed by atoms with Gasteiger partial charge in [-0.05, 0) is 65.5 Å². The first-order chi connectivity index (χ1) is 19.6. The quantitative estimate of drug-likeness (QED) is 0.433. The first-order valence-corrected chi connectivity index (χ1v) is 14.7. The molecule has 2 aliphatic carbocycles. The molecule has 226 valence electrons. The van der Waals surface area contributed by atoms with E-state index in [4.69, 9.17) is 0 Å². The van der Waals surface area contributed by atoms with Crippen molar-refractivity contribution in [3.05, 3.63) is 35.4 Å². The monoisotopic (exact) mass is 583 g/mol. The van der Waals surface area contributed by atoms with Crippen LogP contribution in [-0.2, 0) is 19.2 Å². The van der Waals surface area contributed by atoms with Crippen molar-refractivity contribution in [2.45, 2.75) is 77.9 Å². The number of likely N-dealkylation sites (tertiary alicyclic amines) is 1. The highest BCUT2D eigenvalue weighted by Crippen LogP contribution is 2.65. The molecule has 11 heteroatoms. The number of nitriles is 1. The minimum atomic E-state index is -0.966. The third kappa shape index (κ3) is 5.48. The Kier molecular flexibility index (Phi) is 7.57. The van der Waals surface area contributed by atoms with E-state index in [0.717, 1.165) is 12.1 Å². The molecule has 9 nitrogen and oxygen atoms in total. The van der Waals surface area contributed by atoms with Gasteiger partial charge in [-0.2, -0.15) is 5.26 Å². The van der Waals surface area contributed by atoms with Crippen LogP contribution in [0.5, 0.6) is 0 Å². The third-order valence-corrected chi connectivity index (χ3v) is 9.81. The summed E-state index contributed by atoms with van der Waals surface area (Å²) in [5.41, 5.74) is -0.306. The summed E-state index contributed by atoms with van der Waals surface area (Å²) in [6, 6.07) is 3.12. The number of rotatable bonds is 8. The van der Waals surface area contributed by atoms with E-state index in [2.05, 4.69) is 35.9 Å². The van der Waals surface area contributed by atoms with Gasteiger partial charge >= 0.3 is 0 Å². The summed E-state index contributed by atoms with van der Waals surface area (Å²) >= 11 is 0. The van der Waals surface area contributed by atoms with Crippen LogP contribution in [0.2, 0.25) is 0 Å². The number of carbonyl (C=O) groups excluding carboxylic acids is 4. The smallest absolute Gasteiger partial charge is 0.246 e. The van der Waals surface area contributed by atoms with Crippen LogP contribution < -0.4 is 16.0 Å². The van der Waals surface area contributed by atoms with Crippen LogP contribution in [0.1, 0.15) is 65.4 Å². The van der Waals surface area contributed by atoms with Crippen molar-refractivity contribution in [1.82, 2.24) is 20.9 Å². The zero-order valence-corrected chi connectivity index (χ0v) is 24.7. The number of nitrogens with one attached hydrogen (secondary N) is 3. The fraction of sp³-hybridized carbons (Fsp3) is 0.645. The number of benzene rings is 1. The maximum atomic E-state index is 14.1. The highest BCUT2D eigenvalue weighted by molar-refractivity contribution is 5.95. The number of carbonyl (C=O) groups is 4. The molecule has 0 aromatic heterocycles. The lowest BCUT2D eigenvalue weighted by atomic mass is 9.85. The maximum absolute atomic E-state index is 14.1. The Labute approximate surface area is 244 Å². The molecular formula is C31H39F2N5O4. The molecule has 0 spiro atoms. The summed E-state index contributed by atoms with van der Waals surface area (Å²) in [5.74, 6) is -4.25. The topological polar surface area (TPSA) is 131 Å². The van der Waals surface area contributed by atoms with Gasteiger partial charge < -0.3 is 20.9 Å². The minimum Gasteiger partial charge on any atom is -0.356 e. The Balaban J connectivity index is 1.30. The third-order valence-electron chi connectivity index (χ3n) is 9.81. The number of hydrogen-bond acceptors (Lipinski definition) is 5. The molecule has 4 amide bonds. The van der Waals surface area contributed by atoms with E-state index in [1.165, 1.54) is 6.07 Å². The van der Waals surface area contributed by atoms with Gasteiger partial charge in [-0.15, -0.1) is 0 Å². The van der Waals surface area contributed by atoms with E-state index in [0.29, 0.717) is 31.5 Å². The molecule has 8 atom stereocenters. The van der Waals surface area contributed by atoms with Crippen molar-refractivity contribution < 1.29 is 28.0 Å². The van der Waals surface area contributed by atoms with Crippen LogP contribution in [0, 0.1) is 57.5 Å². The van der Waals surface area contributed by atoms with Crippen LogP contribution in [0.15, 0.2) is 18.2 Å². The molecule has 0 bridgehead atoms. The zero-order chi connectivity index (χ0) is 30.7. The molecule has 3 N–H and O–H groups in total. The number of piperidine rings is 1. The van der Waals surface area contributed by atoms with E-state index in [1.807, 2.05) is 20.8 Å². The molecule has 1 aromatic carbocycles. The number of nitrogens with zero attached hydrogens (tertiary/aromatic N) is 2. The molecule has 4 aliphatic rings. The first kappa shape index (κ1) is 29.9. The molecule has 8 unspecified atom stereocenters. The molecule has 2 heterocycles. The van der Waals surface area contributed by atoms with Crippen LogP contribution in [-0.4, -0.2) is 59.7 Å². The average molecular weight is 584 g/mol. The highest BCUT2D eigenvalue weighted by atomic mass is 19.2. The molecule has 2 aliphatic heterocycles. The SMILES string of the molecule is CC(C)(C)C(NC(=O)C1CC1c1ccc(F)c(F)c1)C(=O)N1CC2C(C1C(=O)NC(C#N)CC1CCNC1=O)C2(C)C. The van der Waals surface area contributed by atoms with Crippen molar-refractivity contribution in [3.8, 4) is 6.07 Å². The molecule has 2 saturated carbocycles. The van der Waals surface area contributed by atoms with E-state index in [9.17, 15) is 33.2 Å². The minimum absolute atomic E-state index is 0.0897. The largest absolute Gasteiger partial charge is 0.356 e. The van der Waals surface area contributed by atoms with Crippen molar-refractivity contribution in [1.29, 1.82) is 5.26 Å². The predicted molar refractivity (Wildman–Crippen MR) is 148 cm³/mol. The normalized spacial score (nSPS) is 30.4. The molecule has 1 aromatic rings. The zero-order valence-electron chi connectivity index (χ0n) is 24.7. The van der Waals surface area contributed by atoms with Gasteiger partial charge in [0.2, 0.25) is 23.6 Å². The fourth-order valence-corrected chi connectivity index (χ4v) is 7.03. The van der Waals surface area contributed by atoms with Gasteiger partial charge in [0.1, 0.15) is 18.1 Å². The standard InChI is InChI=1S/C31H39F2N5O4/c1-30(2,3)25(37-27(40)19-12-18(19)15-6-7-21(32)22(33)11-15)29(42)38-14-20-23(31(20,4)5)24(38)28(41)36-17(13-34)10-16-8-9-35-26(16)39/h6-7,11,16-20,23-25H,8-10,12,14H2,1-5H3,(H,35,39)(H,36,41)(H,37,40). The Morgan fingerprint density at radius 3 is 2.48 bits per heavy atom. The van der Waals surface area contributed by atoms with Gasteiger partial charge in [0.15, 0.2) is 11.6 Å². The Morgan fingerprint density at radius 1 is 1.17 bits per heavy atom. The fourth-order valence-electron chi connectivity index (χ4n) is 7.03. The number of hydrogen-bond donors (Lipinski definition) is 3.